The summed E-state index contributed by atoms with van der Waals surface area (Å²) in [4.78, 5) is 28.8. The van der Waals surface area contributed by atoms with Gasteiger partial charge in [0.2, 0.25) is 5.91 Å². The Hall–Kier alpha value is -2.56. The first-order chi connectivity index (χ1) is 12.1. The van der Waals surface area contributed by atoms with Crippen molar-refractivity contribution in [1.82, 2.24) is 9.80 Å². The molecule has 0 saturated carbocycles. The molecule has 3 rings (SSSR count). The van der Waals surface area contributed by atoms with Gasteiger partial charge in [0, 0.05) is 26.7 Å². The highest BCUT2D eigenvalue weighted by Crippen LogP contribution is 2.21. The first-order valence-corrected chi connectivity index (χ1v) is 8.68. The van der Waals surface area contributed by atoms with Crippen molar-refractivity contribution in [3.63, 3.8) is 0 Å². The zero-order valence-electron chi connectivity index (χ0n) is 14.8. The number of piperidine rings is 1. The van der Waals surface area contributed by atoms with Crippen molar-refractivity contribution >= 4 is 11.8 Å². The molecule has 1 aromatic heterocycles. The minimum absolute atomic E-state index is 0.0974. The van der Waals surface area contributed by atoms with E-state index in [-0.39, 0.29) is 17.7 Å². The summed E-state index contributed by atoms with van der Waals surface area (Å²) in [5, 5.41) is 0. The molecule has 0 aliphatic carbocycles. The molecule has 5 nitrogen and oxygen atoms in total. The van der Waals surface area contributed by atoms with E-state index in [9.17, 15) is 9.59 Å². The van der Waals surface area contributed by atoms with Gasteiger partial charge in [0.05, 0.1) is 12.2 Å². The van der Waals surface area contributed by atoms with Gasteiger partial charge >= 0.3 is 0 Å². The second-order valence-corrected chi connectivity index (χ2v) is 6.69. The maximum absolute atomic E-state index is 12.8. The molecule has 0 bridgehead atoms. The summed E-state index contributed by atoms with van der Waals surface area (Å²) in [6.45, 7) is 3.77. The van der Waals surface area contributed by atoms with Crippen LogP contribution in [-0.4, -0.2) is 41.8 Å². The molecule has 1 aliphatic heterocycles. The van der Waals surface area contributed by atoms with Gasteiger partial charge in [-0.25, -0.2) is 0 Å². The molecule has 1 fully saturated rings. The molecule has 1 aromatic carbocycles. The molecule has 25 heavy (non-hydrogen) atoms. The molecule has 0 spiro atoms. The van der Waals surface area contributed by atoms with Gasteiger partial charge < -0.3 is 14.2 Å². The van der Waals surface area contributed by atoms with E-state index in [0.717, 1.165) is 18.4 Å². The smallest absolute Gasteiger partial charge is 0.289 e. The molecule has 0 N–H and O–H groups in total. The number of carbonyl (C=O) groups excluding carboxylic acids is 2. The minimum atomic E-state index is -0.151. The van der Waals surface area contributed by atoms with Crippen LogP contribution < -0.4 is 0 Å². The number of aryl methyl sites for hydroxylation is 1. The maximum atomic E-state index is 12.8. The second-order valence-electron chi connectivity index (χ2n) is 6.69. The van der Waals surface area contributed by atoms with Crippen molar-refractivity contribution in [2.24, 2.45) is 5.92 Å². The van der Waals surface area contributed by atoms with Crippen LogP contribution in [0.3, 0.4) is 0 Å². The normalized spacial score (nSPS) is 17.4. The predicted octanol–water partition coefficient (Wildman–Crippen LogP) is 3.10. The summed E-state index contributed by atoms with van der Waals surface area (Å²) in [7, 11) is 1.84. The van der Waals surface area contributed by atoms with E-state index in [1.807, 2.05) is 25.2 Å². The number of benzene rings is 1. The number of hydrogen-bond acceptors (Lipinski definition) is 3. The van der Waals surface area contributed by atoms with Gasteiger partial charge in [-0.2, -0.15) is 0 Å². The molecule has 5 heteroatoms. The van der Waals surface area contributed by atoms with Gasteiger partial charge in [-0.15, -0.1) is 0 Å². The first kappa shape index (κ1) is 17.3. The third-order valence-corrected chi connectivity index (χ3v) is 4.83. The van der Waals surface area contributed by atoms with Crippen LogP contribution in [0.1, 0.15) is 34.5 Å². The molecule has 2 aromatic rings. The van der Waals surface area contributed by atoms with Crippen LogP contribution in [0.4, 0.5) is 0 Å². The average molecular weight is 340 g/mol. The van der Waals surface area contributed by atoms with E-state index in [2.05, 4.69) is 13.0 Å². The zero-order valence-corrected chi connectivity index (χ0v) is 14.8. The third kappa shape index (κ3) is 3.92. The van der Waals surface area contributed by atoms with Crippen molar-refractivity contribution in [2.45, 2.75) is 26.3 Å². The third-order valence-electron chi connectivity index (χ3n) is 4.83. The van der Waals surface area contributed by atoms with Crippen LogP contribution in [0, 0.1) is 12.8 Å². The summed E-state index contributed by atoms with van der Waals surface area (Å²) in [5.41, 5.74) is 2.33. The number of furan rings is 1. The van der Waals surface area contributed by atoms with Gasteiger partial charge in [-0.1, -0.05) is 24.3 Å². The molecular weight excluding hydrogens is 316 g/mol. The molecule has 2 heterocycles. The van der Waals surface area contributed by atoms with Crippen molar-refractivity contribution < 1.29 is 14.0 Å². The first-order valence-electron chi connectivity index (χ1n) is 8.68. The molecule has 1 aliphatic rings. The Bertz CT molecular complexity index is 739. The monoisotopic (exact) mass is 340 g/mol. The lowest BCUT2D eigenvalue weighted by atomic mass is 9.96. The van der Waals surface area contributed by atoms with E-state index in [1.165, 1.54) is 11.8 Å². The van der Waals surface area contributed by atoms with Crippen LogP contribution in [0.5, 0.6) is 0 Å². The lowest BCUT2D eigenvalue weighted by Crippen LogP contribution is -2.45. The quantitative estimate of drug-likeness (QED) is 0.859. The Kier molecular flexibility index (Phi) is 5.22. The minimum Gasteiger partial charge on any atom is -0.459 e. The average Bonchev–Trinajstić information content (AvgIpc) is 3.17. The highest BCUT2D eigenvalue weighted by molar-refractivity contribution is 5.92. The fourth-order valence-electron chi connectivity index (χ4n) is 3.35. The van der Waals surface area contributed by atoms with Crippen LogP contribution in [-0.2, 0) is 11.3 Å². The SMILES string of the molecule is Cc1ccccc1CN(C)C(=O)C1CCCN(C(=O)c2ccco2)C1. The number of hydrogen-bond donors (Lipinski definition) is 0. The van der Waals surface area contributed by atoms with Crippen molar-refractivity contribution in [3.05, 3.63) is 59.5 Å². The van der Waals surface area contributed by atoms with Crippen LogP contribution in [0.15, 0.2) is 47.1 Å². The predicted molar refractivity (Wildman–Crippen MR) is 95.0 cm³/mol. The van der Waals surface area contributed by atoms with Gasteiger partial charge in [-0.05, 0) is 43.0 Å². The Morgan fingerprint density at radius 3 is 2.76 bits per heavy atom. The Labute approximate surface area is 148 Å². The molecule has 132 valence electrons. The second kappa shape index (κ2) is 7.55. The summed E-state index contributed by atoms with van der Waals surface area (Å²) < 4.78 is 5.20. The van der Waals surface area contributed by atoms with E-state index in [4.69, 9.17) is 4.42 Å². The number of nitrogens with zero attached hydrogens (tertiary/aromatic N) is 2. The molecule has 2 amide bonds. The van der Waals surface area contributed by atoms with Crippen LogP contribution in [0.2, 0.25) is 0 Å². The van der Waals surface area contributed by atoms with Gasteiger partial charge in [0.1, 0.15) is 0 Å². The van der Waals surface area contributed by atoms with Crippen molar-refractivity contribution in [1.29, 1.82) is 0 Å². The molecule has 0 radical (unpaired) electrons. The topological polar surface area (TPSA) is 53.8 Å². The lowest BCUT2D eigenvalue weighted by Gasteiger charge is -2.33. The van der Waals surface area contributed by atoms with Crippen molar-refractivity contribution in [2.75, 3.05) is 20.1 Å². The summed E-state index contributed by atoms with van der Waals surface area (Å²) in [6.07, 6.45) is 3.15. The number of rotatable bonds is 4. The standard InChI is InChI=1S/C20H24N2O3/c1-15-7-3-4-8-16(15)13-21(2)19(23)17-9-5-11-22(14-17)20(24)18-10-6-12-25-18/h3-4,6-8,10,12,17H,5,9,11,13-14H2,1-2H3. The summed E-state index contributed by atoms with van der Waals surface area (Å²) >= 11 is 0. The van der Waals surface area contributed by atoms with Gasteiger partial charge in [0.15, 0.2) is 5.76 Å². The number of carbonyl (C=O) groups is 2. The van der Waals surface area contributed by atoms with E-state index in [0.29, 0.717) is 25.4 Å². The molecule has 1 atom stereocenters. The molecular formula is C20H24N2O3. The van der Waals surface area contributed by atoms with Gasteiger partial charge in [0.25, 0.3) is 5.91 Å². The Balaban J connectivity index is 1.63. The summed E-state index contributed by atoms with van der Waals surface area (Å²) in [5.74, 6) is 0.146. The lowest BCUT2D eigenvalue weighted by molar-refractivity contribution is -0.136. The molecule has 1 unspecified atom stereocenters. The number of amides is 2. The van der Waals surface area contributed by atoms with E-state index in [1.54, 1.807) is 21.9 Å². The number of likely N-dealkylation sites (tertiary alicyclic amines) is 1. The van der Waals surface area contributed by atoms with Gasteiger partial charge in [-0.3, -0.25) is 9.59 Å². The fraction of sp³-hybridized carbons (Fsp3) is 0.400. The van der Waals surface area contributed by atoms with Crippen LogP contribution in [0.25, 0.3) is 0 Å². The highest BCUT2D eigenvalue weighted by Gasteiger charge is 2.31. The largest absolute Gasteiger partial charge is 0.459 e. The fourth-order valence-corrected chi connectivity index (χ4v) is 3.35. The Morgan fingerprint density at radius 2 is 2.04 bits per heavy atom. The zero-order chi connectivity index (χ0) is 17.8. The maximum Gasteiger partial charge on any atom is 0.289 e. The Morgan fingerprint density at radius 1 is 1.24 bits per heavy atom. The highest BCUT2D eigenvalue weighted by atomic mass is 16.3. The van der Waals surface area contributed by atoms with Crippen LogP contribution >= 0.6 is 0 Å². The summed E-state index contributed by atoms with van der Waals surface area (Å²) in [6, 6.07) is 11.5. The molecule has 1 saturated heterocycles. The van der Waals surface area contributed by atoms with E-state index < -0.39 is 0 Å². The van der Waals surface area contributed by atoms with Crippen molar-refractivity contribution in [3.8, 4) is 0 Å². The van der Waals surface area contributed by atoms with E-state index >= 15 is 0 Å².